The van der Waals surface area contributed by atoms with Crippen LogP contribution in [0.3, 0.4) is 0 Å². The Hall–Kier alpha value is -0.820. The molecule has 0 atom stereocenters. The molecule has 2 rings (SSSR count). The van der Waals surface area contributed by atoms with Gasteiger partial charge in [-0.1, -0.05) is 45.0 Å². The second-order valence-electron chi connectivity index (χ2n) is 5.28. The maximum absolute atomic E-state index is 3.02. The largest absolute Gasteiger partial charge is 0.320 e. The molecule has 0 aliphatic heterocycles. The summed E-state index contributed by atoms with van der Waals surface area (Å²) in [6.07, 6.45) is 3.83. The lowest BCUT2D eigenvalue weighted by atomic mass is 9.93. The SMILES string of the molecule is CC(C)C1Cc2ccccc2C1.CCCNC. The Morgan fingerprint density at radius 2 is 1.71 bits per heavy atom. The Morgan fingerprint density at radius 3 is 2.00 bits per heavy atom. The van der Waals surface area contributed by atoms with Gasteiger partial charge in [0, 0.05) is 0 Å². The van der Waals surface area contributed by atoms with Crippen LogP contribution in [0.25, 0.3) is 0 Å². The molecule has 0 aromatic heterocycles. The van der Waals surface area contributed by atoms with Crippen molar-refractivity contribution in [3.05, 3.63) is 35.4 Å². The van der Waals surface area contributed by atoms with Crippen molar-refractivity contribution in [3.8, 4) is 0 Å². The van der Waals surface area contributed by atoms with Crippen molar-refractivity contribution in [1.82, 2.24) is 5.32 Å². The van der Waals surface area contributed by atoms with Crippen molar-refractivity contribution in [2.45, 2.75) is 40.0 Å². The monoisotopic (exact) mass is 233 g/mol. The Bertz CT molecular complexity index is 290. The summed E-state index contributed by atoms with van der Waals surface area (Å²) in [4.78, 5) is 0. The highest BCUT2D eigenvalue weighted by molar-refractivity contribution is 5.32. The fourth-order valence-electron chi connectivity index (χ4n) is 2.31. The van der Waals surface area contributed by atoms with Gasteiger partial charge in [0.05, 0.1) is 0 Å². The van der Waals surface area contributed by atoms with E-state index in [0.29, 0.717) is 0 Å². The molecular formula is C16H27N. The zero-order chi connectivity index (χ0) is 12.7. The van der Waals surface area contributed by atoms with Gasteiger partial charge in [0.2, 0.25) is 0 Å². The van der Waals surface area contributed by atoms with Crippen LogP contribution < -0.4 is 5.32 Å². The predicted molar refractivity (Wildman–Crippen MR) is 76.4 cm³/mol. The molecular weight excluding hydrogens is 206 g/mol. The Kier molecular flexibility index (Phi) is 6.28. The minimum absolute atomic E-state index is 0.831. The van der Waals surface area contributed by atoms with Gasteiger partial charge >= 0.3 is 0 Å². The lowest BCUT2D eigenvalue weighted by Crippen LogP contribution is -2.07. The van der Waals surface area contributed by atoms with E-state index >= 15 is 0 Å². The first kappa shape index (κ1) is 14.2. The summed E-state index contributed by atoms with van der Waals surface area (Å²) in [5, 5.41) is 3.02. The average Bonchev–Trinajstić information content (AvgIpc) is 2.74. The summed E-state index contributed by atoms with van der Waals surface area (Å²) in [5.74, 6) is 1.72. The van der Waals surface area contributed by atoms with Crippen LogP contribution in [0.5, 0.6) is 0 Å². The van der Waals surface area contributed by atoms with E-state index in [-0.39, 0.29) is 0 Å². The molecule has 0 radical (unpaired) electrons. The van der Waals surface area contributed by atoms with Gasteiger partial charge in [-0.15, -0.1) is 0 Å². The topological polar surface area (TPSA) is 12.0 Å². The molecule has 1 aliphatic rings. The van der Waals surface area contributed by atoms with Crippen LogP contribution in [-0.4, -0.2) is 13.6 Å². The Labute approximate surface area is 107 Å². The van der Waals surface area contributed by atoms with Crippen LogP contribution >= 0.6 is 0 Å². The van der Waals surface area contributed by atoms with Crippen LogP contribution in [0.15, 0.2) is 24.3 Å². The maximum Gasteiger partial charge on any atom is -0.00546 e. The van der Waals surface area contributed by atoms with Gasteiger partial charge in [-0.25, -0.2) is 0 Å². The van der Waals surface area contributed by atoms with Gasteiger partial charge in [0.1, 0.15) is 0 Å². The first-order valence-electron chi connectivity index (χ1n) is 6.90. The van der Waals surface area contributed by atoms with Gasteiger partial charge in [0.25, 0.3) is 0 Å². The highest BCUT2D eigenvalue weighted by atomic mass is 14.8. The smallest absolute Gasteiger partial charge is 0.00546 e. The zero-order valence-corrected chi connectivity index (χ0v) is 11.8. The molecule has 0 unspecified atom stereocenters. The second kappa shape index (κ2) is 7.50. The van der Waals surface area contributed by atoms with Crippen molar-refractivity contribution in [1.29, 1.82) is 0 Å². The molecule has 0 bridgehead atoms. The molecule has 0 heterocycles. The standard InChI is InChI=1S/C12H16.C4H11N/c1-9(2)12-7-10-5-3-4-6-11(10)8-12;1-3-4-5-2/h3-6,9,12H,7-8H2,1-2H3;5H,3-4H2,1-2H3. The highest BCUT2D eigenvalue weighted by Gasteiger charge is 2.22. The van der Waals surface area contributed by atoms with Gasteiger partial charge in [-0.05, 0) is 55.8 Å². The van der Waals surface area contributed by atoms with Crippen LogP contribution in [0.2, 0.25) is 0 Å². The third-order valence-electron chi connectivity index (χ3n) is 3.53. The van der Waals surface area contributed by atoms with Crippen LogP contribution in [0.1, 0.15) is 38.3 Å². The van der Waals surface area contributed by atoms with Crippen LogP contribution in [0.4, 0.5) is 0 Å². The number of benzene rings is 1. The summed E-state index contributed by atoms with van der Waals surface area (Å²) < 4.78 is 0. The first-order valence-corrected chi connectivity index (χ1v) is 6.90. The minimum atomic E-state index is 0.831. The molecule has 17 heavy (non-hydrogen) atoms. The minimum Gasteiger partial charge on any atom is -0.320 e. The number of nitrogens with one attached hydrogen (secondary N) is 1. The van der Waals surface area contributed by atoms with Gasteiger partial charge < -0.3 is 5.32 Å². The van der Waals surface area contributed by atoms with Crippen molar-refractivity contribution >= 4 is 0 Å². The molecule has 1 aliphatic carbocycles. The number of hydrogen-bond donors (Lipinski definition) is 1. The lowest BCUT2D eigenvalue weighted by Gasteiger charge is -2.12. The molecule has 1 nitrogen and oxygen atoms in total. The van der Waals surface area contributed by atoms with Gasteiger partial charge in [0.15, 0.2) is 0 Å². The van der Waals surface area contributed by atoms with Crippen molar-refractivity contribution in [3.63, 3.8) is 0 Å². The average molecular weight is 233 g/mol. The fraction of sp³-hybridized carbons (Fsp3) is 0.625. The molecule has 0 fully saturated rings. The summed E-state index contributed by atoms with van der Waals surface area (Å²) >= 11 is 0. The quantitative estimate of drug-likeness (QED) is 0.840. The molecule has 0 saturated carbocycles. The van der Waals surface area contributed by atoms with E-state index in [1.165, 1.54) is 19.3 Å². The summed E-state index contributed by atoms with van der Waals surface area (Å²) in [6, 6.07) is 8.86. The van der Waals surface area contributed by atoms with Gasteiger partial charge in [-0.2, -0.15) is 0 Å². The maximum atomic E-state index is 3.02. The van der Waals surface area contributed by atoms with E-state index in [4.69, 9.17) is 0 Å². The van der Waals surface area contributed by atoms with Crippen LogP contribution in [0, 0.1) is 11.8 Å². The third-order valence-corrected chi connectivity index (χ3v) is 3.53. The third kappa shape index (κ3) is 4.51. The number of hydrogen-bond acceptors (Lipinski definition) is 1. The molecule has 0 saturated heterocycles. The number of fused-ring (bicyclic) bond motifs is 1. The summed E-state index contributed by atoms with van der Waals surface area (Å²) in [6.45, 7) is 7.95. The lowest BCUT2D eigenvalue weighted by molar-refractivity contribution is 0.404. The summed E-state index contributed by atoms with van der Waals surface area (Å²) in [7, 11) is 1.96. The Balaban J connectivity index is 0.000000249. The molecule has 1 aromatic carbocycles. The molecule has 0 spiro atoms. The summed E-state index contributed by atoms with van der Waals surface area (Å²) in [5.41, 5.74) is 3.16. The fourth-order valence-corrected chi connectivity index (χ4v) is 2.31. The highest BCUT2D eigenvalue weighted by Crippen LogP contribution is 2.30. The van der Waals surface area contributed by atoms with Crippen molar-refractivity contribution in [2.75, 3.05) is 13.6 Å². The molecule has 1 heteroatoms. The predicted octanol–water partition coefficient (Wildman–Crippen LogP) is 3.67. The molecule has 1 N–H and O–H groups in total. The zero-order valence-electron chi connectivity index (χ0n) is 11.8. The van der Waals surface area contributed by atoms with E-state index in [9.17, 15) is 0 Å². The van der Waals surface area contributed by atoms with E-state index in [2.05, 4.69) is 50.4 Å². The first-order chi connectivity index (χ1) is 8.19. The van der Waals surface area contributed by atoms with Crippen molar-refractivity contribution in [2.24, 2.45) is 11.8 Å². The number of rotatable bonds is 3. The Morgan fingerprint density at radius 1 is 1.18 bits per heavy atom. The van der Waals surface area contributed by atoms with Gasteiger partial charge in [-0.3, -0.25) is 0 Å². The molecule has 1 aromatic rings. The van der Waals surface area contributed by atoms with E-state index in [1.807, 2.05) is 7.05 Å². The van der Waals surface area contributed by atoms with E-state index < -0.39 is 0 Å². The second-order valence-corrected chi connectivity index (χ2v) is 5.28. The normalized spacial score (nSPS) is 14.4. The molecule has 0 amide bonds. The van der Waals surface area contributed by atoms with E-state index in [1.54, 1.807) is 11.1 Å². The van der Waals surface area contributed by atoms with E-state index in [0.717, 1.165) is 18.4 Å². The molecule has 96 valence electrons. The van der Waals surface area contributed by atoms with Crippen molar-refractivity contribution < 1.29 is 0 Å². The van der Waals surface area contributed by atoms with Crippen LogP contribution in [-0.2, 0) is 12.8 Å².